The van der Waals surface area contributed by atoms with Gasteiger partial charge in [0.2, 0.25) is 0 Å². The Morgan fingerprint density at radius 2 is 1.94 bits per heavy atom. The number of nitrogens with one attached hydrogen (secondary N) is 1. The monoisotopic (exact) mass is 506 g/mol. The van der Waals surface area contributed by atoms with Crippen molar-refractivity contribution in [2.75, 3.05) is 19.1 Å². The molecule has 0 spiro atoms. The van der Waals surface area contributed by atoms with Gasteiger partial charge < -0.3 is 24.7 Å². The topological polar surface area (TPSA) is 101 Å². The Kier molecular flexibility index (Phi) is 11.8. The van der Waals surface area contributed by atoms with Crippen LogP contribution in [0.3, 0.4) is 0 Å². The van der Waals surface area contributed by atoms with E-state index in [-0.39, 0.29) is 18.9 Å². The Bertz CT molecular complexity index is 1140. The van der Waals surface area contributed by atoms with Gasteiger partial charge in [-0.25, -0.2) is 4.98 Å². The zero-order chi connectivity index (χ0) is 24.5. The molecule has 0 unspecified atom stereocenters. The van der Waals surface area contributed by atoms with Gasteiger partial charge in [0.05, 0.1) is 37.2 Å². The molecule has 0 fully saturated rings. The Morgan fingerprint density at radius 3 is 2.60 bits per heavy atom. The van der Waals surface area contributed by atoms with Crippen LogP contribution in [0.2, 0.25) is 0 Å². The summed E-state index contributed by atoms with van der Waals surface area (Å²) < 4.78 is 11.0. The molecule has 3 aromatic rings. The second-order valence-electron chi connectivity index (χ2n) is 7.61. The molecule has 180 valence electrons. The normalized spacial score (nSPS) is 11.4. The SMILES string of the molecule is COc1ncc(COCc2ccc(C(=O)N[C@@H](CCSC)C(=O)[O-])c(-c3ccccc3C)c2)s1.[Li+]. The molecule has 7 nitrogen and oxygen atoms in total. The van der Waals surface area contributed by atoms with Crippen molar-refractivity contribution in [3.63, 3.8) is 0 Å². The maximum Gasteiger partial charge on any atom is 1.00 e. The van der Waals surface area contributed by atoms with Crippen molar-refractivity contribution in [1.29, 1.82) is 0 Å². The molecule has 10 heteroatoms. The molecule has 0 aliphatic rings. The first-order valence-corrected chi connectivity index (χ1v) is 12.9. The van der Waals surface area contributed by atoms with E-state index >= 15 is 0 Å². The van der Waals surface area contributed by atoms with E-state index in [1.165, 1.54) is 23.1 Å². The second-order valence-corrected chi connectivity index (χ2v) is 9.67. The van der Waals surface area contributed by atoms with Gasteiger partial charge in [-0.05, 0) is 59.7 Å². The third kappa shape index (κ3) is 8.12. The Morgan fingerprint density at radius 1 is 1.17 bits per heavy atom. The summed E-state index contributed by atoms with van der Waals surface area (Å²) in [5.41, 5.74) is 3.92. The van der Waals surface area contributed by atoms with Crippen LogP contribution in [0.15, 0.2) is 48.7 Å². The molecule has 0 saturated heterocycles. The van der Waals surface area contributed by atoms with Crippen LogP contribution in [0.1, 0.15) is 32.8 Å². The number of amides is 1. The van der Waals surface area contributed by atoms with Gasteiger partial charge in [-0.1, -0.05) is 41.7 Å². The number of methoxy groups -OCH3 is 1. The van der Waals surface area contributed by atoms with Crippen LogP contribution in [0.25, 0.3) is 11.1 Å². The zero-order valence-corrected chi connectivity index (χ0v) is 22.0. The number of rotatable bonds is 12. The molecule has 0 bridgehead atoms. The number of benzene rings is 2. The minimum Gasteiger partial charge on any atom is -0.548 e. The van der Waals surface area contributed by atoms with Crippen molar-refractivity contribution in [3.05, 3.63) is 70.2 Å². The smallest absolute Gasteiger partial charge is 0.548 e. The van der Waals surface area contributed by atoms with E-state index < -0.39 is 17.9 Å². The summed E-state index contributed by atoms with van der Waals surface area (Å²) in [6.07, 6.45) is 3.90. The third-order valence-electron chi connectivity index (χ3n) is 5.18. The molecule has 2 aromatic carbocycles. The third-order valence-corrected chi connectivity index (χ3v) is 6.76. The Hall–Kier alpha value is -2.28. The summed E-state index contributed by atoms with van der Waals surface area (Å²) in [6, 6.07) is 12.2. The predicted octanol–water partition coefficient (Wildman–Crippen LogP) is 0.449. The van der Waals surface area contributed by atoms with Crippen LogP contribution in [0.5, 0.6) is 5.19 Å². The zero-order valence-electron chi connectivity index (χ0n) is 20.3. The number of hydrogen-bond acceptors (Lipinski definition) is 8. The number of carbonyl (C=O) groups is 2. The quantitative estimate of drug-likeness (QED) is 0.356. The van der Waals surface area contributed by atoms with E-state index in [9.17, 15) is 14.7 Å². The van der Waals surface area contributed by atoms with Crippen LogP contribution in [0.4, 0.5) is 0 Å². The average Bonchev–Trinajstić information content (AvgIpc) is 3.29. The largest absolute Gasteiger partial charge is 1.00 e. The fourth-order valence-electron chi connectivity index (χ4n) is 3.42. The fraction of sp³-hybridized carbons (Fsp3) is 0.320. The van der Waals surface area contributed by atoms with E-state index in [1.54, 1.807) is 19.4 Å². The number of thioether (sulfide) groups is 1. The van der Waals surface area contributed by atoms with Crippen LogP contribution >= 0.6 is 23.1 Å². The number of aromatic nitrogens is 1. The number of hydrogen-bond donors (Lipinski definition) is 1. The van der Waals surface area contributed by atoms with Gasteiger partial charge in [-0.3, -0.25) is 4.79 Å². The molecule has 0 saturated carbocycles. The molecule has 1 heterocycles. The fourth-order valence-corrected chi connectivity index (χ4v) is 4.55. The van der Waals surface area contributed by atoms with Gasteiger partial charge in [-0.15, -0.1) is 0 Å². The van der Waals surface area contributed by atoms with Gasteiger partial charge in [0.1, 0.15) is 0 Å². The molecule has 1 aromatic heterocycles. The molecule has 0 radical (unpaired) electrons. The molecule has 35 heavy (non-hydrogen) atoms. The summed E-state index contributed by atoms with van der Waals surface area (Å²) in [7, 11) is 1.58. The number of nitrogens with zero attached hydrogens (tertiary/aromatic N) is 1. The maximum atomic E-state index is 13.1. The van der Waals surface area contributed by atoms with Crippen LogP contribution in [-0.4, -0.2) is 42.0 Å². The molecule has 1 amide bonds. The molecule has 3 rings (SSSR count). The van der Waals surface area contributed by atoms with Gasteiger partial charge >= 0.3 is 18.9 Å². The van der Waals surface area contributed by atoms with Crippen LogP contribution in [-0.2, 0) is 22.7 Å². The van der Waals surface area contributed by atoms with Crippen molar-refractivity contribution in [1.82, 2.24) is 10.3 Å². The van der Waals surface area contributed by atoms with Gasteiger partial charge in [0, 0.05) is 11.8 Å². The Labute approximate surface area is 225 Å². The summed E-state index contributed by atoms with van der Waals surface area (Å²) in [5.74, 6) is -1.13. The summed E-state index contributed by atoms with van der Waals surface area (Å²) >= 11 is 2.94. The Balaban J connectivity index is 0.00000432. The van der Waals surface area contributed by atoms with Crippen molar-refractivity contribution < 1.29 is 43.0 Å². The first-order valence-electron chi connectivity index (χ1n) is 10.7. The molecular formula is C25H27LiN2O5S2. The number of aliphatic carboxylic acids is 1. The van der Waals surface area contributed by atoms with Crippen LogP contribution in [0, 0.1) is 6.92 Å². The number of carboxylic acids is 1. The minimum atomic E-state index is -1.29. The van der Waals surface area contributed by atoms with Gasteiger partial charge in [0.25, 0.3) is 11.1 Å². The molecular weight excluding hydrogens is 479 g/mol. The first-order chi connectivity index (χ1) is 16.4. The number of carbonyl (C=O) groups excluding carboxylic acids is 2. The summed E-state index contributed by atoms with van der Waals surface area (Å²) in [5, 5.41) is 14.7. The maximum absolute atomic E-state index is 13.1. The second kappa shape index (κ2) is 14.3. The summed E-state index contributed by atoms with van der Waals surface area (Å²) in [6.45, 7) is 2.71. The average molecular weight is 507 g/mol. The van der Waals surface area contributed by atoms with Crippen molar-refractivity contribution in [3.8, 4) is 16.3 Å². The number of carboxylic acid groups (broad SMARTS) is 1. The molecule has 1 N–H and O–H groups in total. The van der Waals surface area contributed by atoms with Crippen molar-refractivity contribution in [2.24, 2.45) is 0 Å². The van der Waals surface area contributed by atoms with E-state index in [0.717, 1.165) is 27.1 Å². The molecule has 0 aliphatic carbocycles. The van der Waals surface area contributed by atoms with Gasteiger partial charge in [0.15, 0.2) is 0 Å². The van der Waals surface area contributed by atoms with Crippen LogP contribution < -0.4 is 34.0 Å². The number of thiazole rings is 1. The first kappa shape index (κ1) is 29.0. The van der Waals surface area contributed by atoms with Crippen molar-refractivity contribution >= 4 is 35.0 Å². The number of ether oxygens (including phenoxy) is 2. The molecule has 0 aliphatic heterocycles. The summed E-state index contributed by atoms with van der Waals surface area (Å²) in [4.78, 5) is 29.7. The van der Waals surface area contributed by atoms with Gasteiger partial charge in [-0.2, -0.15) is 11.8 Å². The van der Waals surface area contributed by atoms with E-state index in [4.69, 9.17) is 9.47 Å². The van der Waals surface area contributed by atoms with E-state index in [0.29, 0.717) is 36.1 Å². The number of aryl methyl sites for hydroxylation is 1. The predicted molar refractivity (Wildman–Crippen MR) is 133 cm³/mol. The molecule has 1 atom stereocenters. The van der Waals surface area contributed by atoms with Crippen molar-refractivity contribution in [2.45, 2.75) is 32.6 Å². The van der Waals surface area contributed by atoms with E-state index in [2.05, 4.69) is 10.3 Å². The standard InChI is InChI=1S/C25H28N2O5S2.Li/c1-16-6-4-5-7-19(16)21-12-17(14-32-15-18-13-26-25(31-2)34-18)8-9-20(21)23(28)27-22(24(29)30)10-11-33-3;/h4-9,12-13,22H,10-11,14-15H2,1-3H3,(H,27,28)(H,29,30);/q;+1/p-1/t22-;/m0./s1. The van der Waals surface area contributed by atoms with E-state index in [1.807, 2.05) is 49.6 Å². The minimum absolute atomic E-state index is 0.